The van der Waals surface area contributed by atoms with Gasteiger partial charge >= 0.3 is 0 Å². The first-order valence-corrected chi connectivity index (χ1v) is 7.04. The molecule has 0 saturated carbocycles. The van der Waals surface area contributed by atoms with Gasteiger partial charge in [-0.25, -0.2) is 0 Å². The van der Waals surface area contributed by atoms with Gasteiger partial charge in [-0.15, -0.1) is 0 Å². The van der Waals surface area contributed by atoms with Crippen LogP contribution in [0.25, 0.3) is 0 Å². The molecule has 3 aliphatic carbocycles. The maximum atomic E-state index is 2.38. The second kappa shape index (κ2) is 3.98. The monoisotopic (exact) mass is 234 g/mol. The lowest BCUT2D eigenvalue weighted by Gasteiger charge is -2.28. The van der Waals surface area contributed by atoms with E-state index in [1.54, 1.807) is 33.4 Å². The zero-order valence-electron chi connectivity index (χ0n) is 10.7. The smallest absolute Gasteiger partial charge is 0.00553 e. The highest BCUT2D eigenvalue weighted by Crippen LogP contribution is 2.36. The van der Waals surface area contributed by atoms with Gasteiger partial charge in [0.25, 0.3) is 0 Å². The molecule has 0 radical (unpaired) electrons. The van der Waals surface area contributed by atoms with E-state index in [0.29, 0.717) is 0 Å². The van der Waals surface area contributed by atoms with E-state index in [0.717, 1.165) is 12.8 Å². The highest BCUT2D eigenvalue weighted by Gasteiger charge is 2.22. The largest absolute Gasteiger partial charge is 0.0841 e. The van der Waals surface area contributed by atoms with Crippen LogP contribution in [0.3, 0.4) is 0 Å². The Labute approximate surface area is 109 Å². The molecule has 0 aromatic heterocycles. The second-order valence-corrected chi connectivity index (χ2v) is 5.66. The Morgan fingerprint density at radius 1 is 0.556 bits per heavy atom. The molecule has 1 aromatic carbocycles. The minimum atomic E-state index is 1.13. The minimum absolute atomic E-state index is 1.13. The summed E-state index contributed by atoms with van der Waals surface area (Å²) in [4.78, 5) is 0. The maximum absolute atomic E-state index is 2.38. The molecule has 0 saturated heterocycles. The Morgan fingerprint density at radius 2 is 1.22 bits per heavy atom. The molecule has 0 atom stereocenters. The summed E-state index contributed by atoms with van der Waals surface area (Å²) in [6, 6.07) is 4.75. The van der Waals surface area contributed by atoms with Gasteiger partial charge in [0.2, 0.25) is 0 Å². The molecule has 0 fully saturated rings. The molecule has 0 unspecified atom stereocenters. The third-order valence-corrected chi connectivity index (χ3v) is 4.64. The summed E-state index contributed by atoms with van der Waals surface area (Å²) in [5.74, 6) is 0. The Bertz CT molecular complexity index is 597. The van der Waals surface area contributed by atoms with E-state index in [1.807, 2.05) is 0 Å². The summed E-state index contributed by atoms with van der Waals surface area (Å²) in [6.07, 6.45) is 16.4. The van der Waals surface area contributed by atoms with E-state index in [2.05, 4.69) is 36.4 Å². The van der Waals surface area contributed by atoms with Crippen LogP contribution in [0.1, 0.15) is 35.1 Å². The first kappa shape index (κ1) is 10.4. The van der Waals surface area contributed by atoms with Crippen molar-refractivity contribution in [2.24, 2.45) is 0 Å². The Kier molecular flexibility index (Phi) is 2.29. The lowest BCUT2D eigenvalue weighted by atomic mass is 9.77. The Morgan fingerprint density at radius 3 is 2.11 bits per heavy atom. The predicted octanol–water partition coefficient (Wildman–Crippen LogP) is 4.09. The lowest BCUT2D eigenvalue weighted by Crippen LogP contribution is -2.15. The number of hydrogen-bond acceptors (Lipinski definition) is 0. The molecule has 0 amide bonds. The highest BCUT2D eigenvalue weighted by molar-refractivity contribution is 5.51. The molecular weight excluding hydrogens is 216 g/mol. The summed E-state index contributed by atoms with van der Waals surface area (Å²) in [7, 11) is 0. The van der Waals surface area contributed by atoms with E-state index in [9.17, 15) is 0 Å². The number of hydrogen-bond donors (Lipinski definition) is 0. The molecule has 0 heterocycles. The van der Waals surface area contributed by atoms with Crippen LogP contribution in [0.2, 0.25) is 0 Å². The number of benzene rings is 1. The van der Waals surface area contributed by atoms with Crippen LogP contribution < -0.4 is 0 Å². The van der Waals surface area contributed by atoms with Crippen molar-refractivity contribution in [1.82, 2.24) is 0 Å². The third-order valence-electron chi connectivity index (χ3n) is 4.64. The van der Waals surface area contributed by atoms with Crippen molar-refractivity contribution in [2.75, 3.05) is 0 Å². The minimum Gasteiger partial charge on any atom is -0.0841 e. The number of rotatable bonds is 0. The van der Waals surface area contributed by atoms with Gasteiger partial charge in [0, 0.05) is 0 Å². The van der Waals surface area contributed by atoms with E-state index in [4.69, 9.17) is 0 Å². The van der Waals surface area contributed by atoms with Crippen LogP contribution >= 0.6 is 0 Å². The van der Waals surface area contributed by atoms with E-state index >= 15 is 0 Å². The fourth-order valence-corrected chi connectivity index (χ4v) is 3.61. The SMILES string of the molecule is C1=CCC2=C(C1)Cc1ccc3c(c1C2)CC=CC3. The van der Waals surface area contributed by atoms with E-state index < -0.39 is 0 Å². The van der Waals surface area contributed by atoms with Gasteiger partial charge in [0.15, 0.2) is 0 Å². The van der Waals surface area contributed by atoms with E-state index in [1.165, 1.54) is 25.7 Å². The molecule has 18 heavy (non-hydrogen) atoms. The molecule has 0 bridgehead atoms. The maximum Gasteiger partial charge on any atom is -0.00553 e. The first-order chi connectivity index (χ1) is 8.92. The van der Waals surface area contributed by atoms with Crippen LogP contribution in [-0.4, -0.2) is 0 Å². The third kappa shape index (κ3) is 1.52. The highest BCUT2D eigenvalue weighted by atomic mass is 14.3. The van der Waals surface area contributed by atoms with Gasteiger partial charge in [-0.2, -0.15) is 0 Å². The van der Waals surface area contributed by atoms with Crippen LogP contribution in [0.4, 0.5) is 0 Å². The van der Waals surface area contributed by atoms with Crippen molar-refractivity contribution in [3.63, 3.8) is 0 Å². The van der Waals surface area contributed by atoms with Crippen molar-refractivity contribution in [3.05, 3.63) is 69.8 Å². The van der Waals surface area contributed by atoms with Crippen LogP contribution in [0, 0.1) is 0 Å². The summed E-state index contributed by atoms with van der Waals surface area (Å²) in [6.45, 7) is 0. The van der Waals surface area contributed by atoms with Gasteiger partial charge in [-0.05, 0) is 60.8 Å². The molecule has 90 valence electrons. The van der Waals surface area contributed by atoms with E-state index in [-0.39, 0.29) is 0 Å². The quantitative estimate of drug-likeness (QED) is 0.593. The number of fused-ring (bicyclic) bond motifs is 3. The molecule has 1 aromatic rings. The molecule has 0 heteroatoms. The standard InChI is InChI=1S/C18H18/c1-2-7-15-12-18-16(11-14(15)6-1)10-9-13-5-3-4-8-17(13)18/h1-4,9-10H,5-8,11-12H2. The van der Waals surface area contributed by atoms with Crippen molar-refractivity contribution in [2.45, 2.75) is 38.5 Å². The first-order valence-electron chi connectivity index (χ1n) is 7.04. The summed E-state index contributed by atoms with van der Waals surface area (Å²) >= 11 is 0. The number of allylic oxidation sites excluding steroid dienone is 6. The average molecular weight is 234 g/mol. The van der Waals surface area contributed by atoms with Gasteiger partial charge in [-0.1, -0.05) is 47.6 Å². The molecule has 0 nitrogen and oxygen atoms in total. The molecule has 0 spiro atoms. The summed E-state index contributed by atoms with van der Waals surface area (Å²) in [5, 5.41) is 0. The zero-order valence-corrected chi connectivity index (χ0v) is 10.7. The van der Waals surface area contributed by atoms with Crippen molar-refractivity contribution >= 4 is 0 Å². The second-order valence-electron chi connectivity index (χ2n) is 5.66. The molecule has 0 N–H and O–H groups in total. The summed E-state index contributed by atoms with van der Waals surface area (Å²) < 4.78 is 0. The van der Waals surface area contributed by atoms with Crippen molar-refractivity contribution in [3.8, 4) is 0 Å². The van der Waals surface area contributed by atoms with Crippen LogP contribution in [0.5, 0.6) is 0 Å². The van der Waals surface area contributed by atoms with Crippen LogP contribution in [-0.2, 0) is 25.7 Å². The van der Waals surface area contributed by atoms with Crippen molar-refractivity contribution < 1.29 is 0 Å². The fourth-order valence-electron chi connectivity index (χ4n) is 3.61. The zero-order chi connectivity index (χ0) is 11.9. The molecule has 0 aliphatic heterocycles. The predicted molar refractivity (Wildman–Crippen MR) is 75.8 cm³/mol. The molecular formula is C18H18. The fraction of sp³-hybridized carbons (Fsp3) is 0.333. The van der Waals surface area contributed by atoms with Crippen molar-refractivity contribution in [1.29, 1.82) is 0 Å². The average Bonchev–Trinajstić information content (AvgIpc) is 2.45. The van der Waals surface area contributed by atoms with Gasteiger partial charge in [0.05, 0.1) is 0 Å². The van der Waals surface area contributed by atoms with Crippen LogP contribution in [0.15, 0.2) is 47.6 Å². The van der Waals surface area contributed by atoms with Gasteiger partial charge < -0.3 is 0 Å². The molecule has 4 rings (SSSR count). The van der Waals surface area contributed by atoms with Gasteiger partial charge in [0.1, 0.15) is 0 Å². The van der Waals surface area contributed by atoms with Gasteiger partial charge in [-0.3, -0.25) is 0 Å². The lowest BCUT2D eigenvalue weighted by molar-refractivity contribution is 0.851. The summed E-state index contributed by atoms with van der Waals surface area (Å²) in [5.41, 5.74) is 9.84. The normalized spacial score (nSPS) is 20.4. The Hall–Kier alpha value is -1.56. The topological polar surface area (TPSA) is 0 Å². The Balaban J connectivity index is 1.80. The molecule has 3 aliphatic rings.